The van der Waals surface area contributed by atoms with Crippen LogP contribution in [0.2, 0.25) is 0 Å². The third kappa shape index (κ3) is 2.91. The summed E-state index contributed by atoms with van der Waals surface area (Å²) >= 11 is 0. The van der Waals surface area contributed by atoms with E-state index in [1.54, 1.807) is 6.07 Å². The first-order valence-electron chi connectivity index (χ1n) is 6.78. The van der Waals surface area contributed by atoms with E-state index in [1.165, 1.54) is 0 Å². The van der Waals surface area contributed by atoms with E-state index in [0.717, 1.165) is 43.7 Å². The van der Waals surface area contributed by atoms with Gasteiger partial charge in [-0.2, -0.15) is 0 Å². The van der Waals surface area contributed by atoms with Crippen LogP contribution in [0.5, 0.6) is 5.75 Å². The minimum Gasteiger partial charge on any atom is -0.505 e. The molecule has 0 bridgehead atoms. The molecule has 0 amide bonds. The molecule has 0 saturated carbocycles. The van der Waals surface area contributed by atoms with Gasteiger partial charge in [0.15, 0.2) is 0 Å². The Balaban J connectivity index is 2.37. The molecule has 0 radical (unpaired) electrons. The number of phenolic OH excluding ortho intramolecular Hbond substituents is 1. The Morgan fingerprint density at radius 3 is 2.79 bits per heavy atom. The van der Waals surface area contributed by atoms with Crippen LogP contribution in [0.1, 0.15) is 23.6 Å². The molecule has 0 aromatic heterocycles. The molecule has 0 unspecified atom stereocenters. The summed E-state index contributed by atoms with van der Waals surface area (Å²) in [4.78, 5) is 2.39. The first kappa shape index (κ1) is 13.9. The van der Waals surface area contributed by atoms with Crippen LogP contribution in [-0.4, -0.2) is 36.2 Å². The summed E-state index contributed by atoms with van der Waals surface area (Å²) in [6.45, 7) is 9.79. The predicted molar refractivity (Wildman–Crippen MR) is 79.3 cm³/mol. The second kappa shape index (κ2) is 6.08. The van der Waals surface area contributed by atoms with E-state index in [0.29, 0.717) is 5.69 Å². The number of piperazine rings is 1. The van der Waals surface area contributed by atoms with Crippen LogP contribution in [-0.2, 0) is 0 Å². The molecule has 1 aliphatic rings. The molecule has 1 aromatic rings. The number of nitrogens with zero attached hydrogens (tertiary/aromatic N) is 1. The zero-order chi connectivity index (χ0) is 13.8. The summed E-state index contributed by atoms with van der Waals surface area (Å²) in [6.07, 6.45) is 2.73. The van der Waals surface area contributed by atoms with Gasteiger partial charge in [0.2, 0.25) is 0 Å². The number of benzene rings is 1. The molecule has 1 saturated heterocycles. The molecule has 0 spiro atoms. The molecule has 1 aliphatic heterocycles. The number of aromatic hydroxyl groups is 1. The number of aryl methyl sites for hydroxylation is 1. The van der Waals surface area contributed by atoms with Crippen molar-refractivity contribution in [1.29, 1.82) is 0 Å². The number of hydrogen-bond donors (Lipinski definition) is 3. The van der Waals surface area contributed by atoms with Crippen LogP contribution in [0.3, 0.4) is 0 Å². The number of anilines is 1. The lowest BCUT2D eigenvalue weighted by Gasteiger charge is -2.36. The second-order valence-corrected chi connectivity index (χ2v) is 5.06. The molecule has 4 N–H and O–H groups in total. The zero-order valence-corrected chi connectivity index (χ0v) is 11.5. The maximum Gasteiger partial charge on any atom is 0.143 e. The van der Waals surface area contributed by atoms with E-state index in [-0.39, 0.29) is 11.8 Å². The fraction of sp³-hybridized carbons (Fsp3) is 0.467. The first-order chi connectivity index (χ1) is 9.15. The summed E-state index contributed by atoms with van der Waals surface area (Å²) in [7, 11) is 0. The van der Waals surface area contributed by atoms with Crippen LogP contribution in [0.4, 0.5) is 5.69 Å². The molecule has 104 valence electrons. The van der Waals surface area contributed by atoms with Gasteiger partial charge in [-0.25, -0.2) is 0 Å². The van der Waals surface area contributed by atoms with E-state index >= 15 is 0 Å². The zero-order valence-electron chi connectivity index (χ0n) is 11.5. The van der Waals surface area contributed by atoms with Gasteiger partial charge in [-0.05, 0) is 25.0 Å². The average Bonchev–Trinajstić information content (AvgIpc) is 2.43. The standard InChI is InChI=1S/C15H23N3O/c1-3-4-13(18-9-7-17-8-10-18)14-11(2)5-6-12(16)15(14)19/h3,5-6,13,17,19H,1,4,7-10,16H2,2H3/t13-/m1/s1. The Labute approximate surface area is 114 Å². The van der Waals surface area contributed by atoms with E-state index in [9.17, 15) is 5.11 Å². The summed E-state index contributed by atoms with van der Waals surface area (Å²) in [5, 5.41) is 13.7. The van der Waals surface area contributed by atoms with Crippen LogP contribution in [0, 0.1) is 6.92 Å². The van der Waals surface area contributed by atoms with Gasteiger partial charge in [-0.3, -0.25) is 4.90 Å². The highest BCUT2D eigenvalue weighted by molar-refractivity contribution is 5.59. The molecular weight excluding hydrogens is 238 g/mol. The van der Waals surface area contributed by atoms with Gasteiger partial charge in [0.05, 0.1) is 5.69 Å². The van der Waals surface area contributed by atoms with Crippen molar-refractivity contribution in [3.63, 3.8) is 0 Å². The third-order valence-corrected chi connectivity index (χ3v) is 3.78. The third-order valence-electron chi connectivity index (χ3n) is 3.78. The number of rotatable bonds is 4. The van der Waals surface area contributed by atoms with E-state index < -0.39 is 0 Å². The minimum absolute atomic E-state index is 0.156. The molecule has 1 heterocycles. The molecule has 4 heteroatoms. The topological polar surface area (TPSA) is 61.5 Å². The van der Waals surface area contributed by atoms with Crippen molar-refractivity contribution >= 4 is 5.69 Å². The normalized spacial score (nSPS) is 18.2. The Kier molecular flexibility index (Phi) is 4.45. The lowest BCUT2D eigenvalue weighted by molar-refractivity contribution is 0.171. The van der Waals surface area contributed by atoms with Crippen LogP contribution in [0.15, 0.2) is 24.8 Å². The van der Waals surface area contributed by atoms with Crippen molar-refractivity contribution in [3.8, 4) is 5.75 Å². The Morgan fingerprint density at radius 2 is 2.16 bits per heavy atom. The van der Waals surface area contributed by atoms with Crippen molar-refractivity contribution < 1.29 is 5.11 Å². The lowest BCUT2D eigenvalue weighted by atomic mass is 9.95. The highest BCUT2D eigenvalue weighted by Crippen LogP contribution is 2.37. The van der Waals surface area contributed by atoms with Crippen molar-refractivity contribution in [3.05, 3.63) is 35.9 Å². The number of nitrogen functional groups attached to an aromatic ring is 1. The van der Waals surface area contributed by atoms with Crippen molar-refractivity contribution in [2.45, 2.75) is 19.4 Å². The minimum atomic E-state index is 0.156. The number of phenols is 1. The van der Waals surface area contributed by atoms with Crippen LogP contribution < -0.4 is 11.1 Å². The quantitative estimate of drug-likeness (QED) is 0.439. The largest absolute Gasteiger partial charge is 0.505 e. The molecule has 0 aliphatic carbocycles. The summed E-state index contributed by atoms with van der Waals surface area (Å²) < 4.78 is 0. The van der Waals surface area contributed by atoms with Crippen LogP contribution in [0.25, 0.3) is 0 Å². The van der Waals surface area contributed by atoms with Gasteiger partial charge in [-0.15, -0.1) is 6.58 Å². The molecule has 1 aromatic carbocycles. The number of nitrogens with one attached hydrogen (secondary N) is 1. The monoisotopic (exact) mass is 261 g/mol. The second-order valence-electron chi connectivity index (χ2n) is 5.06. The van der Waals surface area contributed by atoms with Gasteiger partial charge < -0.3 is 16.2 Å². The number of hydrogen-bond acceptors (Lipinski definition) is 4. The van der Waals surface area contributed by atoms with Crippen molar-refractivity contribution in [2.75, 3.05) is 31.9 Å². The number of nitrogens with two attached hydrogens (primary N) is 1. The fourth-order valence-corrected chi connectivity index (χ4v) is 2.75. The maximum atomic E-state index is 10.3. The molecule has 1 atom stereocenters. The van der Waals surface area contributed by atoms with Crippen LogP contribution >= 0.6 is 0 Å². The van der Waals surface area contributed by atoms with Gasteiger partial charge in [0.25, 0.3) is 0 Å². The van der Waals surface area contributed by atoms with Gasteiger partial charge >= 0.3 is 0 Å². The first-order valence-corrected chi connectivity index (χ1v) is 6.78. The molecule has 2 rings (SSSR count). The summed E-state index contributed by atoms with van der Waals surface area (Å²) in [5.41, 5.74) is 8.32. The summed E-state index contributed by atoms with van der Waals surface area (Å²) in [5.74, 6) is 0.227. The maximum absolute atomic E-state index is 10.3. The summed E-state index contributed by atoms with van der Waals surface area (Å²) in [6, 6.07) is 3.89. The molecule has 4 nitrogen and oxygen atoms in total. The van der Waals surface area contributed by atoms with E-state index in [4.69, 9.17) is 5.73 Å². The van der Waals surface area contributed by atoms with Gasteiger partial charge in [0, 0.05) is 37.8 Å². The van der Waals surface area contributed by atoms with Gasteiger partial charge in [0.1, 0.15) is 5.75 Å². The molecule has 1 fully saturated rings. The molecule has 19 heavy (non-hydrogen) atoms. The highest BCUT2D eigenvalue weighted by Gasteiger charge is 2.25. The Hall–Kier alpha value is -1.52. The molecular formula is C15H23N3O. The van der Waals surface area contributed by atoms with E-state index in [1.807, 2.05) is 19.1 Å². The van der Waals surface area contributed by atoms with Crippen molar-refractivity contribution in [1.82, 2.24) is 10.2 Å². The average molecular weight is 261 g/mol. The fourth-order valence-electron chi connectivity index (χ4n) is 2.75. The van der Waals surface area contributed by atoms with Gasteiger partial charge in [-0.1, -0.05) is 12.1 Å². The Morgan fingerprint density at radius 1 is 1.47 bits per heavy atom. The highest BCUT2D eigenvalue weighted by atomic mass is 16.3. The lowest BCUT2D eigenvalue weighted by Crippen LogP contribution is -2.45. The van der Waals surface area contributed by atoms with Crippen molar-refractivity contribution in [2.24, 2.45) is 0 Å². The smallest absolute Gasteiger partial charge is 0.143 e. The van der Waals surface area contributed by atoms with E-state index in [2.05, 4.69) is 16.8 Å². The SMILES string of the molecule is C=CC[C@H](c1c(C)ccc(N)c1O)N1CCNCC1. The Bertz CT molecular complexity index is 453. The predicted octanol–water partition coefficient (Wildman–Crippen LogP) is 1.81.